The Labute approximate surface area is 114 Å². The molecular weight excluding hydrogens is 220 g/mol. The van der Waals surface area contributed by atoms with E-state index in [-0.39, 0.29) is 0 Å². The second kappa shape index (κ2) is 6.38. The van der Waals surface area contributed by atoms with Gasteiger partial charge in [-0.3, -0.25) is 0 Å². The molecule has 0 aromatic carbocycles. The zero-order valence-corrected chi connectivity index (χ0v) is 12.9. The van der Waals surface area contributed by atoms with Crippen LogP contribution in [0.3, 0.4) is 0 Å². The highest BCUT2D eigenvalue weighted by Gasteiger charge is 2.28. The molecule has 0 aromatic rings. The molecule has 0 bridgehead atoms. The zero-order valence-electron chi connectivity index (χ0n) is 12.9. The largest absolute Gasteiger partial charge is 0.303 e. The van der Waals surface area contributed by atoms with Gasteiger partial charge >= 0.3 is 0 Å². The lowest BCUT2D eigenvalue weighted by molar-refractivity contribution is 0.138. The highest BCUT2D eigenvalue weighted by molar-refractivity contribution is 4.82. The van der Waals surface area contributed by atoms with E-state index < -0.39 is 0 Å². The van der Waals surface area contributed by atoms with E-state index >= 15 is 0 Å². The highest BCUT2D eigenvalue weighted by Crippen LogP contribution is 2.26. The lowest BCUT2D eigenvalue weighted by Crippen LogP contribution is -2.39. The van der Waals surface area contributed by atoms with Gasteiger partial charge in [0.05, 0.1) is 0 Å². The topological polar surface area (TPSA) is 6.48 Å². The summed E-state index contributed by atoms with van der Waals surface area (Å²) >= 11 is 0. The van der Waals surface area contributed by atoms with Crippen molar-refractivity contribution in [2.24, 2.45) is 17.8 Å². The highest BCUT2D eigenvalue weighted by atomic mass is 15.2. The molecule has 2 nitrogen and oxygen atoms in total. The lowest BCUT2D eigenvalue weighted by atomic mass is 9.86. The van der Waals surface area contributed by atoms with Crippen LogP contribution in [0.2, 0.25) is 0 Å². The predicted molar refractivity (Wildman–Crippen MR) is 78.8 cm³/mol. The van der Waals surface area contributed by atoms with E-state index in [9.17, 15) is 0 Å². The van der Waals surface area contributed by atoms with Gasteiger partial charge in [0, 0.05) is 19.1 Å². The smallest absolute Gasteiger partial charge is 0.00387 e. The van der Waals surface area contributed by atoms with Crippen LogP contribution in [0.1, 0.15) is 47.0 Å². The number of hydrogen-bond acceptors (Lipinski definition) is 2. The van der Waals surface area contributed by atoms with Gasteiger partial charge in [0.1, 0.15) is 0 Å². The third-order valence-electron chi connectivity index (χ3n) is 5.14. The molecule has 0 radical (unpaired) electrons. The molecule has 18 heavy (non-hydrogen) atoms. The Balaban J connectivity index is 1.69. The van der Waals surface area contributed by atoms with Crippen molar-refractivity contribution in [1.82, 2.24) is 9.80 Å². The maximum Gasteiger partial charge on any atom is 0.00387 e. The molecule has 0 saturated carbocycles. The van der Waals surface area contributed by atoms with E-state index in [2.05, 4.69) is 37.5 Å². The first-order chi connectivity index (χ1) is 8.56. The third-order valence-corrected chi connectivity index (χ3v) is 5.14. The average molecular weight is 252 g/mol. The summed E-state index contributed by atoms with van der Waals surface area (Å²) in [4.78, 5) is 5.37. The van der Waals surface area contributed by atoms with Crippen molar-refractivity contribution in [3.05, 3.63) is 0 Å². The Hall–Kier alpha value is -0.0800. The van der Waals surface area contributed by atoms with Crippen molar-refractivity contribution in [2.45, 2.75) is 53.0 Å². The zero-order chi connectivity index (χ0) is 13.1. The SMILES string of the molecule is CC(C)C1CCN(C[C@H]2CCN(C(C)C)C2)CC1. The standard InChI is InChI=1S/C16H32N2/c1-13(2)16-6-8-17(9-7-16)11-15-5-10-18(12-15)14(3)4/h13-16H,5-12H2,1-4H3/t15-/m1/s1. The van der Waals surface area contributed by atoms with Gasteiger partial charge in [-0.15, -0.1) is 0 Å². The Morgan fingerprint density at radius 2 is 1.61 bits per heavy atom. The first kappa shape index (κ1) is 14.3. The maximum absolute atomic E-state index is 2.73. The molecule has 0 amide bonds. The van der Waals surface area contributed by atoms with E-state index in [0.717, 1.165) is 23.8 Å². The van der Waals surface area contributed by atoms with Gasteiger partial charge < -0.3 is 9.80 Å². The summed E-state index contributed by atoms with van der Waals surface area (Å²) in [6, 6.07) is 0.738. The van der Waals surface area contributed by atoms with Crippen molar-refractivity contribution >= 4 is 0 Å². The molecule has 1 atom stereocenters. The van der Waals surface area contributed by atoms with Gasteiger partial charge in [-0.25, -0.2) is 0 Å². The maximum atomic E-state index is 2.73. The predicted octanol–water partition coefficient (Wildman–Crippen LogP) is 3.08. The molecule has 2 heterocycles. The summed E-state index contributed by atoms with van der Waals surface area (Å²) in [6.45, 7) is 16.1. The fourth-order valence-electron chi connectivity index (χ4n) is 3.65. The van der Waals surface area contributed by atoms with E-state index in [0.29, 0.717) is 0 Å². The van der Waals surface area contributed by atoms with Gasteiger partial charge in [-0.05, 0) is 70.5 Å². The van der Waals surface area contributed by atoms with Crippen LogP contribution in [0.5, 0.6) is 0 Å². The van der Waals surface area contributed by atoms with Crippen molar-refractivity contribution in [2.75, 3.05) is 32.7 Å². The molecule has 2 fully saturated rings. The van der Waals surface area contributed by atoms with Gasteiger partial charge in [0.15, 0.2) is 0 Å². The van der Waals surface area contributed by atoms with Crippen LogP contribution in [0, 0.1) is 17.8 Å². The Morgan fingerprint density at radius 3 is 2.11 bits per heavy atom. The quantitative estimate of drug-likeness (QED) is 0.758. The summed E-state index contributed by atoms with van der Waals surface area (Å²) in [7, 11) is 0. The average Bonchev–Trinajstić information content (AvgIpc) is 2.78. The second-order valence-corrected chi connectivity index (χ2v) is 7.13. The Kier molecular flexibility index (Phi) is 5.08. The van der Waals surface area contributed by atoms with Crippen molar-refractivity contribution < 1.29 is 0 Å². The normalized spacial score (nSPS) is 28.7. The summed E-state index contributed by atoms with van der Waals surface area (Å²) < 4.78 is 0. The molecule has 0 unspecified atom stereocenters. The second-order valence-electron chi connectivity index (χ2n) is 7.13. The first-order valence-electron chi connectivity index (χ1n) is 8.02. The van der Waals surface area contributed by atoms with Crippen LogP contribution >= 0.6 is 0 Å². The molecule has 106 valence electrons. The fraction of sp³-hybridized carbons (Fsp3) is 1.00. The fourth-order valence-corrected chi connectivity index (χ4v) is 3.65. The number of nitrogens with zero attached hydrogens (tertiary/aromatic N) is 2. The van der Waals surface area contributed by atoms with Crippen LogP contribution in [-0.4, -0.2) is 48.6 Å². The van der Waals surface area contributed by atoms with Gasteiger partial charge in [0.2, 0.25) is 0 Å². The molecule has 2 aliphatic heterocycles. The summed E-state index contributed by atoms with van der Waals surface area (Å²) in [5.41, 5.74) is 0. The number of likely N-dealkylation sites (tertiary alicyclic amines) is 2. The molecule has 2 saturated heterocycles. The van der Waals surface area contributed by atoms with Gasteiger partial charge in [-0.2, -0.15) is 0 Å². The molecule has 0 aliphatic carbocycles. The number of piperidine rings is 1. The molecule has 0 N–H and O–H groups in total. The number of rotatable bonds is 4. The Bertz CT molecular complexity index is 241. The molecular formula is C16H32N2. The van der Waals surface area contributed by atoms with Crippen molar-refractivity contribution in [1.29, 1.82) is 0 Å². The van der Waals surface area contributed by atoms with Crippen LogP contribution < -0.4 is 0 Å². The molecule has 0 aromatic heterocycles. The molecule has 2 aliphatic rings. The van der Waals surface area contributed by atoms with Crippen molar-refractivity contribution in [3.63, 3.8) is 0 Å². The van der Waals surface area contributed by atoms with E-state index in [1.807, 2.05) is 0 Å². The van der Waals surface area contributed by atoms with E-state index in [4.69, 9.17) is 0 Å². The van der Waals surface area contributed by atoms with Crippen LogP contribution in [0.25, 0.3) is 0 Å². The van der Waals surface area contributed by atoms with Gasteiger partial charge in [0.25, 0.3) is 0 Å². The minimum absolute atomic E-state index is 0.738. The first-order valence-corrected chi connectivity index (χ1v) is 8.02. The molecule has 2 heteroatoms. The molecule has 0 spiro atoms. The summed E-state index contributed by atoms with van der Waals surface area (Å²) in [5.74, 6) is 2.80. The monoisotopic (exact) mass is 252 g/mol. The third kappa shape index (κ3) is 3.71. The van der Waals surface area contributed by atoms with Crippen molar-refractivity contribution in [3.8, 4) is 0 Å². The minimum atomic E-state index is 0.738. The summed E-state index contributed by atoms with van der Waals surface area (Å²) in [6.07, 6.45) is 4.28. The number of hydrogen-bond donors (Lipinski definition) is 0. The van der Waals surface area contributed by atoms with E-state index in [1.165, 1.54) is 52.0 Å². The van der Waals surface area contributed by atoms with E-state index in [1.54, 1.807) is 0 Å². The summed E-state index contributed by atoms with van der Waals surface area (Å²) in [5, 5.41) is 0. The minimum Gasteiger partial charge on any atom is -0.303 e. The van der Waals surface area contributed by atoms with Crippen LogP contribution in [0.4, 0.5) is 0 Å². The Morgan fingerprint density at radius 1 is 0.944 bits per heavy atom. The van der Waals surface area contributed by atoms with Crippen LogP contribution in [0.15, 0.2) is 0 Å². The molecule has 2 rings (SSSR count). The lowest BCUT2D eigenvalue weighted by Gasteiger charge is -2.35. The van der Waals surface area contributed by atoms with Gasteiger partial charge in [-0.1, -0.05) is 13.8 Å². The van der Waals surface area contributed by atoms with Crippen LogP contribution in [-0.2, 0) is 0 Å².